The highest BCUT2D eigenvalue weighted by Gasteiger charge is 2.33. The maximum Gasteiger partial charge on any atom is 0.309 e. The van der Waals surface area contributed by atoms with Gasteiger partial charge in [0, 0.05) is 16.9 Å². The number of carbonyl (C=O) groups excluding carboxylic acids is 1. The Morgan fingerprint density at radius 2 is 2.24 bits per heavy atom. The highest BCUT2D eigenvalue weighted by Crippen LogP contribution is 2.34. The maximum atomic E-state index is 11.8. The fraction of sp³-hybridized carbons (Fsp3) is 0.462. The molecule has 3 nitrogen and oxygen atoms in total. The van der Waals surface area contributed by atoms with Crippen LogP contribution >= 0.6 is 15.9 Å². The van der Waals surface area contributed by atoms with E-state index in [9.17, 15) is 4.79 Å². The van der Waals surface area contributed by atoms with E-state index < -0.39 is 0 Å². The Hall–Kier alpha value is -0.870. The molecule has 2 atom stereocenters. The van der Waals surface area contributed by atoms with Gasteiger partial charge in [-0.2, -0.15) is 0 Å². The zero-order valence-electron chi connectivity index (χ0n) is 9.78. The molecular weight excluding hydrogens is 282 g/mol. The number of esters is 1. The summed E-state index contributed by atoms with van der Waals surface area (Å²) < 4.78 is 5.96. The maximum absolute atomic E-state index is 11.8. The van der Waals surface area contributed by atoms with Crippen molar-refractivity contribution >= 4 is 21.9 Å². The van der Waals surface area contributed by atoms with E-state index in [4.69, 9.17) is 4.74 Å². The Kier molecular flexibility index (Phi) is 4.18. The number of hydrogen-bond donors (Lipinski definition) is 1. The Morgan fingerprint density at radius 3 is 2.94 bits per heavy atom. The van der Waals surface area contributed by atoms with Crippen molar-refractivity contribution in [3.63, 3.8) is 0 Å². The van der Waals surface area contributed by atoms with Crippen molar-refractivity contribution in [2.75, 3.05) is 20.2 Å². The minimum atomic E-state index is -0.104. The molecule has 1 heterocycles. The monoisotopic (exact) mass is 297 g/mol. The summed E-state index contributed by atoms with van der Waals surface area (Å²) in [7, 11) is 1.46. The van der Waals surface area contributed by atoms with Gasteiger partial charge in [-0.15, -0.1) is 0 Å². The molecule has 0 aromatic heterocycles. The van der Waals surface area contributed by atoms with Crippen LogP contribution in [0.1, 0.15) is 17.9 Å². The van der Waals surface area contributed by atoms with Crippen molar-refractivity contribution in [1.29, 1.82) is 0 Å². The lowest BCUT2D eigenvalue weighted by Crippen LogP contribution is -2.39. The van der Waals surface area contributed by atoms with Crippen LogP contribution in [-0.4, -0.2) is 26.2 Å². The fourth-order valence-electron chi connectivity index (χ4n) is 2.39. The third-order valence-corrected chi connectivity index (χ3v) is 4.01. The van der Waals surface area contributed by atoms with Gasteiger partial charge in [0.2, 0.25) is 0 Å². The lowest BCUT2D eigenvalue weighted by molar-refractivity contribution is -0.147. The quantitative estimate of drug-likeness (QED) is 0.852. The van der Waals surface area contributed by atoms with Crippen molar-refractivity contribution < 1.29 is 9.53 Å². The van der Waals surface area contributed by atoms with E-state index in [1.165, 1.54) is 12.7 Å². The van der Waals surface area contributed by atoms with E-state index in [1.54, 1.807) is 0 Å². The number of hydrogen-bond acceptors (Lipinski definition) is 3. The highest BCUT2D eigenvalue weighted by atomic mass is 79.9. The summed E-state index contributed by atoms with van der Waals surface area (Å²) in [4.78, 5) is 11.8. The van der Waals surface area contributed by atoms with Crippen LogP contribution in [0.15, 0.2) is 28.7 Å². The fourth-order valence-corrected chi connectivity index (χ4v) is 2.97. The second-order valence-electron chi connectivity index (χ2n) is 4.25. The van der Waals surface area contributed by atoms with Gasteiger partial charge in [0.05, 0.1) is 13.0 Å². The first-order chi connectivity index (χ1) is 8.24. The molecule has 17 heavy (non-hydrogen) atoms. The van der Waals surface area contributed by atoms with Gasteiger partial charge in [0.1, 0.15) is 0 Å². The van der Waals surface area contributed by atoms with Crippen LogP contribution in [0, 0.1) is 5.92 Å². The molecule has 2 unspecified atom stereocenters. The summed E-state index contributed by atoms with van der Waals surface area (Å²) in [5.41, 5.74) is 1.18. The average Bonchev–Trinajstić information content (AvgIpc) is 2.38. The molecule has 1 aliphatic heterocycles. The lowest BCUT2D eigenvalue weighted by atomic mass is 9.81. The van der Waals surface area contributed by atoms with Gasteiger partial charge in [0.15, 0.2) is 0 Å². The van der Waals surface area contributed by atoms with Gasteiger partial charge in [0.25, 0.3) is 0 Å². The second kappa shape index (κ2) is 5.65. The van der Waals surface area contributed by atoms with Crippen molar-refractivity contribution in [2.45, 2.75) is 12.3 Å². The third kappa shape index (κ3) is 2.69. The van der Waals surface area contributed by atoms with Gasteiger partial charge in [-0.3, -0.25) is 4.79 Å². The predicted molar refractivity (Wildman–Crippen MR) is 69.9 cm³/mol. The molecule has 0 saturated carbocycles. The second-order valence-corrected chi connectivity index (χ2v) is 5.10. The molecule has 0 spiro atoms. The van der Waals surface area contributed by atoms with E-state index in [0.29, 0.717) is 0 Å². The Labute approximate surface area is 110 Å². The van der Waals surface area contributed by atoms with Crippen molar-refractivity contribution in [2.24, 2.45) is 5.92 Å². The van der Waals surface area contributed by atoms with Gasteiger partial charge >= 0.3 is 5.97 Å². The number of ether oxygens (including phenoxy) is 1. The predicted octanol–water partition coefficient (Wildman–Crippen LogP) is 2.32. The van der Waals surface area contributed by atoms with Crippen LogP contribution in [0.5, 0.6) is 0 Å². The molecule has 2 rings (SSSR count). The van der Waals surface area contributed by atoms with E-state index in [-0.39, 0.29) is 17.8 Å². The number of nitrogens with one attached hydrogen (secondary N) is 1. The molecule has 0 aliphatic carbocycles. The van der Waals surface area contributed by atoms with Gasteiger partial charge in [-0.1, -0.05) is 34.1 Å². The minimum Gasteiger partial charge on any atom is -0.469 e. The average molecular weight is 298 g/mol. The summed E-state index contributed by atoms with van der Waals surface area (Å²) in [6, 6.07) is 8.07. The number of rotatable bonds is 2. The number of methoxy groups -OCH3 is 1. The van der Waals surface area contributed by atoms with Crippen LogP contribution in [0.4, 0.5) is 0 Å². The molecule has 1 aliphatic rings. The third-order valence-electron chi connectivity index (χ3n) is 3.29. The van der Waals surface area contributed by atoms with E-state index in [0.717, 1.165) is 24.0 Å². The molecule has 1 aromatic rings. The zero-order chi connectivity index (χ0) is 12.3. The molecule has 0 radical (unpaired) electrons. The van der Waals surface area contributed by atoms with Crippen LogP contribution in [0.2, 0.25) is 0 Å². The summed E-state index contributed by atoms with van der Waals surface area (Å²) >= 11 is 3.55. The first-order valence-corrected chi connectivity index (χ1v) is 6.56. The molecule has 92 valence electrons. The molecule has 1 fully saturated rings. The molecule has 1 aromatic carbocycles. The van der Waals surface area contributed by atoms with Crippen LogP contribution in [0.3, 0.4) is 0 Å². The standard InChI is InChI=1S/C13H16BrNO2/c1-17-13(16)10-6-7-15-8-11(10)9-4-2-3-5-12(9)14/h2-5,10-11,15H,6-8H2,1H3. The van der Waals surface area contributed by atoms with Crippen LogP contribution in [0.25, 0.3) is 0 Å². The van der Waals surface area contributed by atoms with E-state index in [1.807, 2.05) is 18.2 Å². The Morgan fingerprint density at radius 1 is 1.47 bits per heavy atom. The normalized spacial score (nSPS) is 24.4. The summed E-state index contributed by atoms with van der Waals surface area (Å²) in [5.74, 6) is 0.0407. The van der Waals surface area contributed by atoms with Crippen molar-refractivity contribution in [1.82, 2.24) is 5.32 Å². The molecular formula is C13H16BrNO2. The highest BCUT2D eigenvalue weighted by molar-refractivity contribution is 9.10. The molecule has 4 heteroatoms. The minimum absolute atomic E-state index is 0.0417. The Bertz CT molecular complexity index is 408. The number of benzene rings is 1. The topological polar surface area (TPSA) is 38.3 Å². The number of piperidine rings is 1. The molecule has 0 amide bonds. The van der Waals surface area contributed by atoms with Crippen LogP contribution < -0.4 is 5.32 Å². The van der Waals surface area contributed by atoms with E-state index in [2.05, 4.69) is 27.3 Å². The van der Waals surface area contributed by atoms with E-state index >= 15 is 0 Å². The summed E-state index contributed by atoms with van der Waals surface area (Å²) in [5, 5.41) is 3.34. The van der Waals surface area contributed by atoms with Crippen LogP contribution in [-0.2, 0) is 9.53 Å². The van der Waals surface area contributed by atoms with Gasteiger partial charge in [-0.25, -0.2) is 0 Å². The zero-order valence-corrected chi connectivity index (χ0v) is 11.4. The molecule has 1 N–H and O–H groups in total. The SMILES string of the molecule is COC(=O)C1CCNCC1c1ccccc1Br. The number of halogens is 1. The summed E-state index contributed by atoms with van der Waals surface area (Å²) in [6.07, 6.45) is 0.832. The lowest BCUT2D eigenvalue weighted by Gasteiger charge is -2.31. The smallest absolute Gasteiger partial charge is 0.309 e. The largest absolute Gasteiger partial charge is 0.469 e. The van der Waals surface area contributed by atoms with Crippen molar-refractivity contribution in [3.05, 3.63) is 34.3 Å². The molecule has 1 saturated heterocycles. The molecule has 0 bridgehead atoms. The van der Waals surface area contributed by atoms with Gasteiger partial charge in [-0.05, 0) is 24.6 Å². The Balaban J connectivity index is 2.28. The summed E-state index contributed by atoms with van der Waals surface area (Å²) in [6.45, 7) is 1.70. The number of carbonyl (C=O) groups is 1. The van der Waals surface area contributed by atoms with Gasteiger partial charge < -0.3 is 10.1 Å². The first kappa shape index (κ1) is 12.6. The van der Waals surface area contributed by atoms with Crippen molar-refractivity contribution in [3.8, 4) is 0 Å². The first-order valence-electron chi connectivity index (χ1n) is 5.77.